The van der Waals surface area contributed by atoms with E-state index in [4.69, 9.17) is 0 Å². The number of nitrogens with zero attached hydrogens (tertiary/aromatic N) is 4. The molecule has 0 saturated heterocycles. The molecule has 0 bridgehead atoms. The van der Waals surface area contributed by atoms with E-state index in [2.05, 4.69) is 36.2 Å². The van der Waals surface area contributed by atoms with Crippen molar-refractivity contribution in [3.63, 3.8) is 0 Å². The fourth-order valence-corrected chi connectivity index (χ4v) is 3.99. The smallest absolute Gasteiger partial charge is 0.266 e. The average Bonchev–Trinajstić information content (AvgIpc) is 3.13. The molecule has 0 unspecified atom stereocenters. The molecule has 3 heterocycles. The van der Waals surface area contributed by atoms with Crippen molar-refractivity contribution in [3.05, 3.63) is 57.0 Å². The Morgan fingerprint density at radius 3 is 2.75 bits per heavy atom. The third-order valence-electron chi connectivity index (χ3n) is 4.73. The van der Waals surface area contributed by atoms with E-state index in [-0.39, 0.29) is 5.56 Å². The number of fused-ring (bicyclic) bond motifs is 3. The van der Waals surface area contributed by atoms with Crippen LogP contribution in [0.5, 0.6) is 0 Å². The second-order valence-electron chi connectivity index (χ2n) is 6.61. The largest absolute Gasteiger partial charge is 0.369 e. The van der Waals surface area contributed by atoms with Crippen molar-refractivity contribution in [3.8, 4) is 11.4 Å². The van der Waals surface area contributed by atoms with Gasteiger partial charge in [-0.15, -0.1) is 0 Å². The Labute approximate surface area is 167 Å². The van der Waals surface area contributed by atoms with Crippen molar-refractivity contribution < 1.29 is 13.2 Å². The molecule has 1 N–H and O–H groups in total. The van der Waals surface area contributed by atoms with Gasteiger partial charge in [-0.1, -0.05) is 18.2 Å². The molecular weight excluding hydrogens is 435 g/mol. The van der Waals surface area contributed by atoms with E-state index >= 15 is 0 Å². The number of alkyl halides is 2. The van der Waals surface area contributed by atoms with E-state index in [1.165, 1.54) is 12.1 Å². The predicted octanol–water partition coefficient (Wildman–Crippen LogP) is 4.62. The van der Waals surface area contributed by atoms with Crippen LogP contribution in [0.2, 0.25) is 0 Å². The molecule has 1 atom stereocenters. The molecule has 0 aliphatic carbocycles. The topological polar surface area (TPSA) is 55.1 Å². The van der Waals surface area contributed by atoms with Crippen LogP contribution in [0, 0.1) is 12.7 Å². The molecule has 3 aliphatic heterocycles. The molecule has 1 aromatic carbocycles. The Morgan fingerprint density at radius 2 is 2.00 bits per heavy atom. The van der Waals surface area contributed by atoms with E-state index < -0.39 is 23.8 Å². The molecule has 0 spiro atoms. The Hall–Kier alpha value is -2.42. The van der Waals surface area contributed by atoms with Gasteiger partial charge in [0.2, 0.25) is 0 Å². The number of aryl methyl sites for hydroxylation is 1. The fourth-order valence-electron chi connectivity index (χ4n) is 3.41. The maximum absolute atomic E-state index is 14.5. The summed E-state index contributed by atoms with van der Waals surface area (Å²) in [5.41, 5.74) is 0.601. The summed E-state index contributed by atoms with van der Waals surface area (Å²) < 4.78 is 43.5. The van der Waals surface area contributed by atoms with Crippen LogP contribution in [0.15, 0.2) is 33.7 Å². The Morgan fingerprint density at radius 1 is 1.25 bits per heavy atom. The Balaban J connectivity index is 1.88. The molecule has 9 heteroatoms. The minimum Gasteiger partial charge on any atom is -0.369 e. The zero-order chi connectivity index (χ0) is 20.0. The van der Waals surface area contributed by atoms with Crippen LogP contribution >= 0.6 is 15.9 Å². The summed E-state index contributed by atoms with van der Waals surface area (Å²) in [6.45, 7) is 4.96. The molecule has 5 nitrogen and oxygen atoms in total. The zero-order valence-electron chi connectivity index (χ0n) is 15.2. The van der Waals surface area contributed by atoms with E-state index in [1.807, 2.05) is 10.6 Å². The number of anilines is 1. The van der Waals surface area contributed by atoms with Crippen molar-refractivity contribution in [2.24, 2.45) is 4.99 Å². The highest BCUT2D eigenvalue weighted by atomic mass is 79.9. The van der Waals surface area contributed by atoms with Crippen molar-refractivity contribution in [1.29, 1.82) is 0 Å². The number of benzene rings is 1. The summed E-state index contributed by atoms with van der Waals surface area (Å²) in [6.07, 6.45) is -2.88. The number of halogens is 4. The summed E-state index contributed by atoms with van der Waals surface area (Å²) >= 11 is 3.55. The Kier molecular flexibility index (Phi) is 4.86. The van der Waals surface area contributed by atoms with Gasteiger partial charge < -0.3 is 9.88 Å². The van der Waals surface area contributed by atoms with Gasteiger partial charge in [-0.25, -0.2) is 23.1 Å². The average molecular weight is 452 g/mol. The van der Waals surface area contributed by atoms with Gasteiger partial charge >= 0.3 is 0 Å². The Bertz CT molecular complexity index is 1100. The van der Waals surface area contributed by atoms with Crippen LogP contribution in [-0.4, -0.2) is 21.1 Å². The van der Waals surface area contributed by atoms with Crippen molar-refractivity contribution in [2.45, 2.75) is 32.9 Å². The lowest BCUT2D eigenvalue weighted by Gasteiger charge is -2.16. The van der Waals surface area contributed by atoms with Crippen LogP contribution in [-0.2, 0) is 6.54 Å². The van der Waals surface area contributed by atoms with Crippen LogP contribution in [0.1, 0.15) is 36.3 Å². The van der Waals surface area contributed by atoms with E-state index in [9.17, 15) is 13.2 Å². The predicted molar refractivity (Wildman–Crippen MR) is 103 cm³/mol. The van der Waals surface area contributed by atoms with E-state index in [0.717, 1.165) is 35.3 Å². The third kappa shape index (κ3) is 3.17. The number of rotatable bonds is 3. The van der Waals surface area contributed by atoms with Gasteiger partial charge in [-0.05, 0) is 35.8 Å². The number of hydrogen-bond donors (Lipinski definition) is 1. The molecule has 146 valence electrons. The highest BCUT2D eigenvalue weighted by molar-refractivity contribution is 9.10. The lowest BCUT2D eigenvalue weighted by Crippen LogP contribution is -2.21. The molecule has 0 saturated carbocycles. The van der Waals surface area contributed by atoms with Crippen LogP contribution in [0.4, 0.5) is 19.0 Å². The summed E-state index contributed by atoms with van der Waals surface area (Å²) in [4.78, 5) is 13.5. The molecular formula is C19H17BrF3N5. The van der Waals surface area contributed by atoms with Crippen LogP contribution in [0.25, 0.3) is 11.4 Å². The second-order valence-corrected chi connectivity index (χ2v) is 7.46. The van der Waals surface area contributed by atoms with Gasteiger partial charge in [0.15, 0.2) is 5.49 Å². The fraction of sp³-hybridized carbons (Fsp3) is 0.316. The maximum atomic E-state index is 14.5. The molecule has 1 aromatic rings. The van der Waals surface area contributed by atoms with Crippen molar-refractivity contribution in [2.75, 3.05) is 11.9 Å². The van der Waals surface area contributed by atoms with Crippen molar-refractivity contribution in [1.82, 2.24) is 14.5 Å². The van der Waals surface area contributed by atoms with E-state index in [0.29, 0.717) is 16.9 Å². The van der Waals surface area contributed by atoms with Gasteiger partial charge in [0.25, 0.3) is 6.43 Å². The molecule has 4 rings (SSSR count). The zero-order valence-corrected chi connectivity index (χ0v) is 16.8. The summed E-state index contributed by atoms with van der Waals surface area (Å²) in [5.74, 6) is 1.26. The molecule has 0 radical (unpaired) electrons. The standard InChI is InChI=1S/C19H17BrF3N5/c1-9(11-4-3-5-12(15(11)21)16(22)23)25-17-13-8-14(20)19-24-6-7-28(19)18(13)27-10(2)26-17/h3-5,8-9,16,24H,6-7H2,1-2H3/t9-/m1/s1. The monoisotopic (exact) mass is 451 g/mol. The first-order valence-electron chi connectivity index (χ1n) is 8.78. The lowest BCUT2D eigenvalue weighted by atomic mass is 10.0. The van der Waals surface area contributed by atoms with Gasteiger partial charge in [-0.3, -0.25) is 4.99 Å². The first-order chi connectivity index (χ1) is 13.4. The highest BCUT2D eigenvalue weighted by Crippen LogP contribution is 2.33. The summed E-state index contributed by atoms with van der Waals surface area (Å²) in [5, 5.41) is 3.29. The molecule has 0 aromatic heterocycles. The SMILES string of the molecule is Cc1nc2n3c(c(Br)cc-2c(=N[C@H](C)c2cccc(C(F)F)c2F)n1)NCC3. The third-order valence-corrected chi connectivity index (χ3v) is 5.33. The number of aromatic nitrogens is 3. The lowest BCUT2D eigenvalue weighted by molar-refractivity contribution is 0.146. The van der Waals surface area contributed by atoms with Crippen LogP contribution in [0.3, 0.4) is 0 Å². The van der Waals surface area contributed by atoms with Gasteiger partial charge in [0.05, 0.1) is 21.6 Å². The summed E-state index contributed by atoms with van der Waals surface area (Å²) in [7, 11) is 0. The molecule has 3 aliphatic rings. The highest BCUT2D eigenvalue weighted by Gasteiger charge is 2.23. The van der Waals surface area contributed by atoms with Gasteiger partial charge in [-0.2, -0.15) is 0 Å². The first-order valence-corrected chi connectivity index (χ1v) is 9.58. The maximum Gasteiger partial charge on any atom is 0.266 e. The minimum atomic E-state index is -2.88. The molecule has 28 heavy (non-hydrogen) atoms. The van der Waals surface area contributed by atoms with Crippen molar-refractivity contribution >= 4 is 21.7 Å². The van der Waals surface area contributed by atoms with Gasteiger partial charge in [0, 0.05) is 18.7 Å². The number of hydrogen-bond acceptors (Lipinski definition) is 4. The van der Waals surface area contributed by atoms with E-state index in [1.54, 1.807) is 13.8 Å². The minimum absolute atomic E-state index is 0.108. The molecule has 0 amide bonds. The molecule has 0 fully saturated rings. The quantitative estimate of drug-likeness (QED) is 0.631. The van der Waals surface area contributed by atoms with Crippen LogP contribution < -0.4 is 10.8 Å². The summed E-state index contributed by atoms with van der Waals surface area (Å²) in [6, 6.07) is 5.16. The number of nitrogens with one attached hydrogen (secondary N) is 1. The van der Waals surface area contributed by atoms with Gasteiger partial charge in [0.1, 0.15) is 23.3 Å². The first kappa shape index (κ1) is 18.9. The normalized spacial score (nSPS) is 15.2. The second kappa shape index (κ2) is 7.20. The number of pyridine rings is 1.